The van der Waals surface area contributed by atoms with Crippen molar-refractivity contribution >= 4 is 11.8 Å². The maximum absolute atomic E-state index is 3.50. The standard InChI is InChI=1S/C9H21NS/c1-5-11-7-6-10-9(4)8(2)3/h8-10H,5-7H2,1-4H3. The Morgan fingerprint density at radius 3 is 2.36 bits per heavy atom. The summed E-state index contributed by atoms with van der Waals surface area (Å²) in [4.78, 5) is 0. The molecule has 11 heavy (non-hydrogen) atoms. The molecule has 0 saturated heterocycles. The van der Waals surface area contributed by atoms with Crippen LogP contribution in [-0.4, -0.2) is 24.1 Å². The van der Waals surface area contributed by atoms with Gasteiger partial charge in [0, 0.05) is 18.3 Å². The summed E-state index contributed by atoms with van der Waals surface area (Å²) < 4.78 is 0. The van der Waals surface area contributed by atoms with Crippen molar-refractivity contribution in [3.63, 3.8) is 0 Å². The number of rotatable bonds is 6. The first-order valence-electron chi connectivity index (χ1n) is 4.49. The predicted octanol–water partition coefficient (Wildman–Crippen LogP) is 2.37. The largest absolute Gasteiger partial charge is 0.313 e. The molecule has 0 aliphatic carbocycles. The third-order valence-electron chi connectivity index (χ3n) is 1.92. The summed E-state index contributed by atoms with van der Waals surface area (Å²) in [5.74, 6) is 3.23. The minimum absolute atomic E-state index is 0.660. The van der Waals surface area contributed by atoms with E-state index >= 15 is 0 Å². The molecular formula is C9H21NS. The average molecular weight is 175 g/mol. The van der Waals surface area contributed by atoms with Gasteiger partial charge in [-0.15, -0.1) is 0 Å². The Morgan fingerprint density at radius 1 is 1.27 bits per heavy atom. The molecule has 0 aromatic heterocycles. The predicted molar refractivity (Wildman–Crippen MR) is 55.3 cm³/mol. The normalized spacial score (nSPS) is 13.9. The molecule has 0 aliphatic heterocycles. The van der Waals surface area contributed by atoms with Gasteiger partial charge in [-0.1, -0.05) is 20.8 Å². The van der Waals surface area contributed by atoms with E-state index in [1.807, 2.05) is 11.8 Å². The summed E-state index contributed by atoms with van der Waals surface area (Å²) in [7, 11) is 0. The SMILES string of the molecule is CCSCCNC(C)C(C)C. The lowest BCUT2D eigenvalue weighted by atomic mass is 10.1. The van der Waals surface area contributed by atoms with Crippen molar-refractivity contribution in [3.05, 3.63) is 0 Å². The number of nitrogens with one attached hydrogen (secondary N) is 1. The van der Waals surface area contributed by atoms with Gasteiger partial charge in [-0.3, -0.25) is 0 Å². The number of hydrogen-bond acceptors (Lipinski definition) is 2. The van der Waals surface area contributed by atoms with E-state index in [2.05, 4.69) is 33.0 Å². The van der Waals surface area contributed by atoms with Gasteiger partial charge in [-0.05, 0) is 18.6 Å². The summed E-state index contributed by atoms with van der Waals surface area (Å²) in [6, 6.07) is 0.660. The molecule has 0 spiro atoms. The van der Waals surface area contributed by atoms with Crippen LogP contribution in [0, 0.1) is 5.92 Å². The fourth-order valence-corrected chi connectivity index (χ4v) is 1.29. The first-order valence-corrected chi connectivity index (χ1v) is 5.65. The fraction of sp³-hybridized carbons (Fsp3) is 1.00. The first-order chi connectivity index (χ1) is 5.18. The molecule has 0 radical (unpaired) electrons. The molecule has 0 heterocycles. The van der Waals surface area contributed by atoms with Gasteiger partial charge in [0.05, 0.1) is 0 Å². The maximum Gasteiger partial charge on any atom is 0.00620 e. The quantitative estimate of drug-likeness (QED) is 0.622. The molecule has 1 unspecified atom stereocenters. The molecule has 2 heteroatoms. The van der Waals surface area contributed by atoms with Crippen LogP contribution in [0.2, 0.25) is 0 Å². The van der Waals surface area contributed by atoms with E-state index in [0.29, 0.717) is 6.04 Å². The van der Waals surface area contributed by atoms with Crippen molar-refractivity contribution in [1.82, 2.24) is 5.32 Å². The van der Waals surface area contributed by atoms with Crippen LogP contribution in [0.25, 0.3) is 0 Å². The lowest BCUT2D eigenvalue weighted by Gasteiger charge is -2.16. The third kappa shape index (κ3) is 6.70. The first kappa shape index (κ1) is 11.3. The molecule has 0 aliphatic rings. The van der Waals surface area contributed by atoms with Gasteiger partial charge in [0.2, 0.25) is 0 Å². The van der Waals surface area contributed by atoms with Crippen molar-refractivity contribution in [2.75, 3.05) is 18.1 Å². The van der Waals surface area contributed by atoms with Crippen LogP contribution < -0.4 is 5.32 Å². The van der Waals surface area contributed by atoms with Crippen molar-refractivity contribution < 1.29 is 0 Å². The van der Waals surface area contributed by atoms with Crippen molar-refractivity contribution in [1.29, 1.82) is 0 Å². The van der Waals surface area contributed by atoms with Gasteiger partial charge < -0.3 is 5.32 Å². The zero-order chi connectivity index (χ0) is 8.69. The second-order valence-corrected chi connectivity index (χ2v) is 4.58. The molecule has 0 aromatic carbocycles. The van der Waals surface area contributed by atoms with E-state index in [9.17, 15) is 0 Å². The summed E-state index contributed by atoms with van der Waals surface area (Å²) in [5.41, 5.74) is 0. The second-order valence-electron chi connectivity index (χ2n) is 3.18. The third-order valence-corrected chi connectivity index (χ3v) is 2.82. The van der Waals surface area contributed by atoms with Crippen molar-refractivity contribution in [3.8, 4) is 0 Å². The highest BCUT2D eigenvalue weighted by Crippen LogP contribution is 2.00. The minimum atomic E-state index is 0.660. The van der Waals surface area contributed by atoms with Crippen LogP contribution in [0.5, 0.6) is 0 Å². The van der Waals surface area contributed by atoms with E-state index in [0.717, 1.165) is 12.5 Å². The van der Waals surface area contributed by atoms with Gasteiger partial charge in [0.15, 0.2) is 0 Å². The van der Waals surface area contributed by atoms with Gasteiger partial charge in [0.25, 0.3) is 0 Å². The van der Waals surface area contributed by atoms with Crippen LogP contribution in [0.15, 0.2) is 0 Å². The Labute approximate surface area is 75.3 Å². The molecule has 68 valence electrons. The highest BCUT2D eigenvalue weighted by molar-refractivity contribution is 7.99. The van der Waals surface area contributed by atoms with Crippen LogP contribution in [0.3, 0.4) is 0 Å². The Balaban J connectivity index is 3.10. The molecule has 1 nitrogen and oxygen atoms in total. The van der Waals surface area contributed by atoms with E-state index < -0.39 is 0 Å². The Bertz CT molecular complexity index is 83.6. The zero-order valence-electron chi connectivity index (χ0n) is 8.18. The maximum atomic E-state index is 3.50. The van der Waals surface area contributed by atoms with Crippen LogP contribution >= 0.6 is 11.8 Å². The van der Waals surface area contributed by atoms with Crippen LogP contribution in [0.4, 0.5) is 0 Å². The topological polar surface area (TPSA) is 12.0 Å². The van der Waals surface area contributed by atoms with Gasteiger partial charge in [-0.25, -0.2) is 0 Å². The molecule has 0 saturated carbocycles. The molecule has 1 atom stereocenters. The number of thioether (sulfide) groups is 1. The van der Waals surface area contributed by atoms with Crippen molar-refractivity contribution in [2.24, 2.45) is 5.92 Å². The summed E-state index contributed by atoms with van der Waals surface area (Å²) in [5, 5.41) is 3.50. The van der Waals surface area contributed by atoms with Gasteiger partial charge in [-0.2, -0.15) is 11.8 Å². The van der Waals surface area contributed by atoms with Gasteiger partial charge in [0.1, 0.15) is 0 Å². The molecular weight excluding hydrogens is 154 g/mol. The summed E-state index contributed by atoms with van der Waals surface area (Å²) in [6.45, 7) is 10.1. The highest BCUT2D eigenvalue weighted by atomic mass is 32.2. The molecule has 0 aromatic rings. The molecule has 0 fully saturated rings. The lowest BCUT2D eigenvalue weighted by Crippen LogP contribution is -2.32. The second kappa shape index (κ2) is 6.99. The summed E-state index contributed by atoms with van der Waals surface area (Å²) >= 11 is 2.00. The van der Waals surface area contributed by atoms with Crippen LogP contribution in [-0.2, 0) is 0 Å². The minimum Gasteiger partial charge on any atom is -0.313 e. The average Bonchev–Trinajstić information content (AvgIpc) is 1.97. The molecule has 0 rings (SSSR count). The van der Waals surface area contributed by atoms with E-state index in [-0.39, 0.29) is 0 Å². The summed E-state index contributed by atoms with van der Waals surface area (Å²) in [6.07, 6.45) is 0. The van der Waals surface area contributed by atoms with Crippen molar-refractivity contribution in [2.45, 2.75) is 33.7 Å². The van der Waals surface area contributed by atoms with E-state index in [4.69, 9.17) is 0 Å². The van der Waals surface area contributed by atoms with Gasteiger partial charge >= 0.3 is 0 Å². The monoisotopic (exact) mass is 175 g/mol. The van der Waals surface area contributed by atoms with E-state index in [1.54, 1.807) is 0 Å². The molecule has 0 amide bonds. The lowest BCUT2D eigenvalue weighted by molar-refractivity contribution is 0.438. The molecule has 1 N–H and O–H groups in total. The zero-order valence-corrected chi connectivity index (χ0v) is 9.00. The highest BCUT2D eigenvalue weighted by Gasteiger charge is 2.03. The fourth-order valence-electron chi connectivity index (χ4n) is 0.739. The van der Waals surface area contributed by atoms with E-state index in [1.165, 1.54) is 11.5 Å². The Morgan fingerprint density at radius 2 is 1.91 bits per heavy atom. The number of hydrogen-bond donors (Lipinski definition) is 1. The van der Waals surface area contributed by atoms with Crippen LogP contribution in [0.1, 0.15) is 27.7 Å². The molecule has 0 bridgehead atoms. The Kier molecular flexibility index (Phi) is 7.18. The Hall–Kier alpha value is 0.310. The smallest absolute Gasteiger partial charge is 0.00620 e.